The van der Waals surface area contributed by atoms with Crippen LogP contribution in [0.4, 0.5) is 5.82 Å². The molecule has 0 bridgehead atoms. The minimum atomic E-state index is -0.174. The van der Waals surface area contributed by atoms with E-state index < -0.39 is 0 Å². The molecular weight excluding hydrogens is 202 g/mol. The number of ether oxygens (including phenoxy) is 1. The molecule has 1 rings (SSSR count). The summed E-state index contributed by atoms with van der Waals surface area (Å²) in [7, 11) is 1.66. The van der Waals surface area contributed by atoms with Crippen molar-refractivity contribution in [2.75, 3.05) is 19.0 Å². The lowest BCUT2D eigenvalue weighted by Gasteiger charge is -2.25. The maximum atomic E-state index is 5.66. The Labute approximate surface area is 88.7 Å². The summed E-state index contributed by atoms with van der Waals surface area (Å²) in [4.78, 5) is 7.83. The number of nitrogens with one attached hydrogen (secondary N) is 1. The Bertz CT molecular complexity index is 304. The number of anilines is 1. The van der Waals surface area contributed by atoms with E-state index in [1.807, 2.05) is 13.8 Å². The van der Waals surface area contributed by atoms with Crippen molar-refractivity contribution in [1.29, 1.82) is 0 Å². The van der Waals surface area contributed by atoms with Crippen molar-refractivity contribution in [2.24, 2.45) is 0 Å². The van der Waals surface area contributed by atoms with Crippen molar-refractivity contribution in [2.45, 2.75) is 19.4 Å². The number of halogens is 1. The van der Waals surface area contributed by atoms with Gasteiger partial charge in [0.1, 0.15) is 5.82 Å². The lowest BCUT2D eigenvalue weighted by Crippen LogP contribution is -2.36. The third kappa shape index (κ3) is 3.47. The van der Waals surface area contributed by atoms with Gasteiger partial charge in [-0.3, -0.25) is 0 Å². The molecule has 0 radical (unpaired) electrons. The minimum absolute atomic E-state index is 0.174. The summed E-state index contributed by atoms with van der Waals surface area (Å²) in [6.07, 6.45) is 1.61. The molecule has 14 heavy (non-hydrogen) atoms. The van der Waals surface area contributed by atoms with E-state index in [1.54, 1.807) is 19.4 Å². The fraction of sp³-hybridized carbons (Fsp3) is 0.556. The molecule has 0 aromatic carbocycles. The van der Waals surface area contributed by atoms with Crippen LogP contribution in [0, 0.1) is 0 Å². The molecule has 0 saturated heterocycles. The third-order valence-electron chi connectivity index (χ3n) is 1.60. The Morgan fingerprint density at radius 2 is 2.29 bits per heavy atom. The molecule has 0 fully saturated rings. The van der Waals surface area contributed by atoms with E-state index in [4.69, 9.17) is 16.3 Å². The molecule has 0 amide bonds. The van der Waals surface area contributed by atoms with Gasteiger partial charge in [0.25, 0.3) is 0 Å². The number of aromatic nitrogens is 2. The second kappa shape index (κ2) is 4.57. The maximum Gasteiger partial charge on any atom is 0.224 e. The molecule has 1 aromatic rings. The number of nitrogens with zero attached hydrogens (tertiary/aromatic N) is 2. The Morgan fingerprint density at radius 3 is 2.86 bits per heavy atom. The van der Waals surface area contributed by atoms with Crippen molar-refractivity contribution in [3.63, 3.8) is 0 Å². The largest absolute Gasteiger partial charge is 0.382 e. The van der Waals surface area contributed by atoms with Crippen LogP contribution < -0.4 is 5.32 Å². The van der Waals surface area contributed by atoms with Gasteiger partial charge >= 0.3 is 0 Å². The summed E-state index contributed by atoms with van der Waals surface area (Å²) in [5.41, 5.74) is -0.174. The first kappa shape index (κ1) is 11.2. The predicted molar refractivity (Wildman–Crippen MR) is 56.6 cm³/mol. The zero-order valence-electron chi connectivity index (χ0n) is 8.54. The van der Waals surface area contributed by atoms with Crippen LogP contribution in [0.15, 0.2) is 12.3 Å². The predicted octanol–water partition coefficient (Wildman–Crippen LogP) is 1.97. The number of hydrogen-bond donors (Lipinski definition) is 1. The van der Waals surface area contributed by atoms with Crippen LogP contribution in [0.3, 0.4) is 0 Å². The van der Waals surface area contributed by atoms with Gasteiger partial charge in [-0.25, -0.2) is 9.97 Å². The second-order valence-electron chi connectivity index (χ2n) is 3.65. The molecule has 78 valence electrons. The van der Waals surface area contributed by atoms with Crippen LogP contribution in [0.1, 0.15) is 13.8 Å². The molecule has 1 heterocycles. The number of hydrogen-bond acceptors (Lipinski definition) is 4. The molecule has 5 heteroatoms. The Morgan fingerprint density at radius 1 is 1.57 bits per heavy atom. The molecule has 1 aromatic heterocycles. The molecule has 1 N–H and O–H groups in total. The number of methoxy groups -OCH3 is 1. The second-order valence-corrected chi connectivity index (χ2v) is 3.99. The van der Waals surface area contributed by atoms with Crippen molar-refractivity contribution < 1.29 is 4.74 Å². The highest BCUT2D eigenvalue weighted by Crippen LogP contribution is 2.13. The van der Waals surface area contributed by atoms with Gasteiger partial charge in [0, 0.05) is 13.3 Å². The molecule has 0 aliphatic rings. The van der Waals surface area contributed by atoms with Gasteiger partial charge in [-0.1, -0.05) is 0 Å². The van der Waals surface area contributed by atoms with Gasteiger partial charge in [-0.2, -0.15) is 0 Å². The highest BCUT2D eigenvalue weighted by atomic mass is 35.5. The minimum Gasteiger partial charge on any atom is -0.382 e. The zero-order valence-corrected chi connectivity index (χ0v) is 9.30. The first-order valence-electron chi connectivity index (χ1n) is 4.29. The Kier molecular flexibility index (Phi) is 3.66. The van der Waals surface area contributed by atoms with Gasteiger partial charge in [0.15, 0.2) is 0 Å². The quantitative estimate of drug-likeness (QED) is 0.781. The van der Waals surface area contributed by atoms with Crippen LogP contribution in [0.5, 0.6) is 0 Å². The highest BCUT2D eigenvalue weighted by Gasteiger charge is 2.17. The standard InChI is InChI=1S/C9H14ClN3O/c1-9(2,6-14-3)13-7-4-5-11-8(10)12-7/h4-5H,6H2,1-3H3,(H,11,12,13). The highest BCUT2D eigenvalue weighted by molar-refractivity contribution is 6.28. The first-order chi connectivity index (χ1) is 6.53. The summed E-state index contributed by atoms with van der Waals surface area (Å²) < 4.78 is 5.07. The number of rotatable bonds is 4. The molecule has 0 atom stereocenters. The zero-order chi connectivity index (χ0) is 10.6. The average molecular weight is 216 g/mol. The van der Waals surface area contributed by atoms with Crippen LogP contribution in [-0.4, -0.2) is 29.2 Å². The molecule has 4 nitrogen and oxygen atoms in total. The van der Waals surface area contributed by atoms with E-state index in [1.165, 1.54) is 0 Å². The first-order valence-corrected chi connectivity index (χ1v) is 4.67. The molecule has 0 aliphatic carbocycles. The van der Waals surface area contributed by atoms with E-state index in [-0.39, 0.29) is 10.8 Å². The molecule has 0 saturated carbocycles. The van der Waals surface area contributed by atoms with Crippen LogP contribution in [0.2, 0.25) is 5.28 Å². The summed E-state index contributed by atoms with van der Waals surface area (Å²) in [6, 6.07) is 1.77. The molecule has 0 spiro atoms. The molecule has 0 unspecified atom stereocenters. The van der Waals surface area contributed by atoms with Crippen LogP contribution >= 0.6 is 11.6 Å². The lowest BCUT2D eigenvalue weighted by atomic mass is 10.1. The SMILES string of the molecule is COCC(C)(C)Nc1ccnc(Cl)n1. The fourth-order valence-corrected chi connectivity index (χ4v) is 1.30. The summed E-state index contributed by atoms with van der Waals surface area (Å²) in [6.45, 7) is 4.63. The van der Waals surface area contributed by atoms with Gasteiger partial charge in [0.2, 0.25) is 5.28 Å². The Hall–Kier alpha value is -0.870. The van der Waals surface area contributed by atoms with E-state index in [0.29, 0.717) is 12.4 Å². The summed E-state index contributed by atoms with van der Waals surface area (Å²) in [5.74, 6) is 0.701. The molecule has 0 aliphatic heterocycles. The van der Waals surface area contributed by atoms with E-state index >= 15 is 0 Å². The van der Waals surface area contributed by atoms with Gasteiger partial charge in [-0.05, 0) is 31.5 Å². The van der Waals surface area contributed by atoms with Crippen molar-refractivity contribution in [3.05, 3.63) is 17.5 Å². The van der Waals surface area contributed by atoms with Gasteiger partial charge < -0.3 is 10.1 Å². The van der Waals surface area contributed by atoms with E-state index in [2.05, 4.69) is 15.3 Å². The van der Waals surface area contributed by atoms with Gasteiger partial charge in [-0.15, -0.1) is 0 Å². The Balaban J connectivity index is 2.68. The summed E-state index contributed by atoms with van der Waals surface area (Å²) >= 11 is 5.66. The normalized spacial score (nSPS) is 11.4. The smallest absolute Gasteiger partial charge is 0.224 e. The molecular formula is C9H14ClN3O. The third-order valence-corrected chi connectivity index (χ3v) is 1.78. The lowest BCUT2D eigenvalue weighted by molar-refractivity contribution is 0.158. The fourth-order valence-electron chi connectivity index (χ4n) is 1.15. The maximum absolute atomic E-state index is 5.66. The van der Waals surface area contributed by atoms with Crippen molar-refractivity contribution in [3.8, 4) is 0 Å². The average Bonchev–Trinajstić information content (AvgIpc) is 2.02. The van der Waals surface area contributed by atoms with E-state index in [9.17, 15) is 0 Å². The monoisotopic (exact) mass is 215 g/mol. The van der Waals surface area contributed by atoms with Crippen LogP contribution in [-0.2, 0) is 4.74 Å². The topological polar surface area (TPSA) is 47.0 Å². The summed E-state index contributed by atoms with van der Waals surface area (Å²) in [5, 5.41) is 3.44. The van der Waals surface area contributed by atoms with Crippen molar-refractivity contribution in [1.82, 2.24) is 9.97 Å². The van der Waals surface area contributed by atoms with Crippen molar-refractivity contribution >= 4 is 17.4 Å². The van der Waals surface area contributed by atoms with E-state index in [0.717, 1.165) is 0 Å². The van der Waals surface area contributed by atoms with Gasteiger partial charge in [0.05, 0.1) is 12.1 Å². The van der Waals surface area contributed by atoms with Crippen LogP contribution in [0.25, 0.3) is 0 Å².